The number of nitrogens with one attached hydrogen (secondary N) is 1. The summed E-state index contributed by atoms with van der Waals surface area (Å²) in [6.07, 6.45) is 7.90. The van der Waals surface area contributed by atoms with E-state index in [1.807, 2.05) is 6.07 Å². The van der Waals surface area contributed by atoms with E-state index in [0.717, 1.165) is 44.2 Å². The topological polar surface area (TPSA) is 122 Å². The largest absolute Gasteiger partial charge is 0.461 e. The second-order valence-electron chi connectivity index (χ2n) is 16.0. The number of H-pyrrole nitrogens is 1. The lowest BCUT2D eigenvalue weighted by atomic mass is 9.56. The molecule has 0 radical (unpaired) electrons. The van der Waals surface area contributed by atoms with Crippen LogP contribution in [-0.2, 0) is 12.1 Å². The first-order valence-electron chi connectivity index (χ1n) is 18.0. The standard InChI is InChI=1S/C36H35ClF3N9O2/c37-23-9-24-21(12-42-45-24)27-26(23)20-7-18(20)8-25-46-47-32(51-25)36(40)14-34(15-36)3-1-5-48(16-34)31-22-11-41-30(27)28(39)29(22)43-33(44-31)50-17-35-4-2-6-49(35)13-19(38)10-35/h9,11-12,18-20H,1-8,10,13-17H2,(H,42,45)/t18-,19+,20-,34?,35-,36?/m0/s1. The molecule has 2 saturated carbocycles. The first kappa shape index (κ1) is 30.6. The van der Waals surface area contributed by atoms with Crippen LogP contribution in [0.5, 0.6) is 6.01 Å². The number of rotatable bonds is 3. The van der Waals surface area contributed by atoms with Crippen molar-refractivity contribution >= 4 is 39.2 Å². The summed E-state index contributed by atoms with van der Waals surface area (Å²) in [6.45, 7) is 2.56. The molecule has 4 aromatic heterocycles. The van der Waals surface area contributed by atoms with Crippen molar-refractivity contribution in [2.45, 2.75) is 81.1 Å². The van der Waals surface area contributed by atoms with E-state index < -0.39 is 23.2 Å². The van der Waals surface area contributed by atoms with Gasteiger partial charge in [0.2, 0.25) is 5.89 Å². The summed E-state index contributed by atoms with van der Waals surface area (Å²) in [5.74, 6) is 0.345. The van der Waals surface area contributed by atoms with Crippen molar-refractivity contribution in [2.24, 2.45) is 11.3 Å². The molecule has 0 amide bonds. The molecule has 51 heavy (non-hydrogen) atoms. The minimum atomic E-state index is -1.71. The Morgan fingerprint density at radius 2 is 1.98 bits per heavy atom. The number of hydrogen-bond donors (Lipinski definition) is 1. The van der Waals surface area contributed by atoms with Gasteiger partial charge in [0.1, 0.15) is 29.8 Å². The van der Waals surface area contributed by atoms with Crippen molar-refractivity contribution in [1.29, 1.82) is 0 Å². The number of fused-ring (bicyclic) bond motifs is 2. The molecule has 264 valence electrons. The predicted molar refractivity (Wildman–Crippen MR) is 181 cm³/mol. The van der Waals surface area contributed by atoms with Crippen LogP contribution in [0.3, 0.4) is 0 Å². The van der Waals surface area contributed by atoms with Crippen LogP contribution >= 0.6 is 11.6 Å². The average Bonchev–Trinajstić information content (AvgIpc) is 3.50. The monoisotopic (exact) mass is 717 g/mol. The van der Waals surface area contributed by atoms with Gasteiger partial charge >= 0.3 is 6.01 Å². The Kier molecular flexibility index (Phi) is 6.31. The second kappa shape index (κ2) is 10.5. The molecule has 1 aromatic carbocycles. The zero-order chi connectivity index (χ0) is 34.3. The fourth-order valence-electron chi connectivity index (χ4n) is 10.4. The number of halogens is 4. The van der Waals surface area contributed by atoms with Crippen LogP contribution in [-0.4, -0.2) is 84.7 Å². The maximum absolute atomic E-state index is 17.4. The molecule has 6 aliphatic heterocycles. The number of aromatic nitrogens is 7. The van der Waals surface area contributed by atoms with Crippen molar-refractivity contribution in [1.82, 2.24) is 40.2 Å². The molecule has 1 spiro atoms. The number of anilines is 1. The highest BCUT2D eigenvalue weighted by molar-refractivity contribution is 6.33. The fourth-order valence-corrected chi connectivity index (χ4v) is 10.7. The van der Waals surface area contributed by atoms with E-state index in [-0.39, 0.29) is 59.8 Å². The Hall–Kier alpha value is -4.04. The van der Waals surface area contributed by atoms with Crippen molar-refractivity contribution < 1.29 is 22.3 Å². The van der Waals surface area contributed by atoms with Crippen LogP contribution < -0.4 is 9.64 Å². The minimum absolute atomic E-state index is 0.0278. The molecule has 9 bridgehead atoms. The van der Waals surface area contributed by atoms with E-state index in [0.29, 0.717) is 71.1 Å². The Morgan fingerprint density at radius 1 is 1.10 bits per heavy atom. The summed E-state index contributed by atoms with van der Waals surface area (Å²) in [5, 5.41) is 17.3. The Balaban J connectivity index is 1.09. The summed E-state index contributed by atoms with van der Waals surface area (Å²) in [5.41, 5.74) is -0.331. The lowest BCUT2D eigenvalue weighted by Crippen LogP contribution is -2.56. The Morgan fingerprint density at radius 3 is 2.88 bits per heavy atom. The van der Waals surface area contributed by atoms with Gasteiger partial charge in [-0.2, -0.15) is 15.1 Å². The van der Waals surface area contributed by atoms with Gasteiger partial charge in [0.05, 0.1) is 22.6 Å². The minimum Gasteiger partial charge on any atom is -0.461 e. The third-order valence-corrected chi connectivity index (χ3v) is 13.0. The summed E-state index contributed by atoms with van der Waals surface area (Å²) < 4.78 is 60.8. The first-order chi connectivity index (χ1) is 24.7. The molecule has 8 aliphatic rings. The summed E-state index contributed by atoms with van der Waals surface area (Å²) in [7, 11) is 0. The maximum atomic E-state index is 17.4. The molecule has 5 fully saturated rings. The lowest BCUT2D eigenvalue weighted by molar-refractivity contribution is -0.0963. The predicted octanol–water partition coefficient (Wildman–Crippen LogP) is 6.60. The summed E-state index contributed by atoms with van der Waals surface area (Å²) >= 11 is 6.99. The second-order valence-corrected chi connectivity index (χ2v) is 16.4. The molecule has 3 saturated heterocycles. The van der Waals surface area contributed by atoms with Crippen LogP contribution in [0, 0.1) is 17.2 Å². The average molecular weight is 718 g/mol. The number of nitrogens with zero attached hydrogens (tertiary/aromatic N) is 8. The van der Waals surface area contributed by atoms with Crippen molar-refractivity contribution in [3.8, 4) is 17.3 Å². The summed E-state index contributed by atoms with van der Waals surface area (Å²) in [4.78, 5) is 18.6. The quantitative estimate of drug-likeness (QED) is 0.218. The lowest BCUT2D eigenvalue weighted by Gasteiger charge is -2.54. The van der Waals surface area contributed by atoms with Gasteiger partial charge < -0.3 is 14.1 Å². The van der Waals surface area contributed by atoms with Crippen LogP contribution in [0.4, 0.5) is 19.0 Å². The molecule has 15 heteroatoms. The number of benzene rings is 1. The van der Waals surface area contributed by atoms with Gasteiger partial charge in [0.25, 0.3) is 5.89 Å². The smallest absolute Gasteiger partial charge is 0.319 e. The van der Waals surface area contributed by atoms with Crippen molar-refractivity contribution in [3.63, 3.8) is 0 Å². The number of aromatic amines is 1. The zero-order valence-electron chi connectivity index (χ0n) is 27.8. The number of ether oxygens (including phenoxy) is 1. The van der Waals surface area contributed by atoms with E-state index in [9.17, 15) is 4.39 Å². The van der Waals surface area contributed by atoms with E-state index in [1.165, 1.54) is 0 Å². The number of hydrogen-bond acceptors (Lipinski definition) is 10. The molecule has 11 nitrogen and oxygen atoms in total. The number of pyridine rings is 1. The van der Waals surface area contributed by atoms with Gasteiger partial charge in [0, 0.05) is 54.6 Å². The summed E-state index contributed by atoms with van der Waals surface area (Å²) in [6, 6.07) is 1.84. The normalized spacial score (nSPS) is 32.5. The highest BCUT2D eigenvalue weighted by Gasteiger charge is 2.60. The van der Waals surface area contributed by atoms with E-state index in [2.05, 4.69) is 30.2 Å². The van der Waals surface area contributed by atoms with Crippen LogP contribution in [0.15, 0.2) is 22.9 Å². The van der Waals surface area contributed by atoms with Crippen LogP contribution in [0.2, 0.25) is 5.02 Å². The zero-order valence-corrected chi connectivity index (χ0v) is 28.5. The molecular formula is C36H35ClF3N9O2. The highest BCUT2D eigenvalue weighted by atomic mass is 35.5. The molecule has 5 aromatic rings. The fraction of sp³-hybridized carbons (Fsp3) is 0.556. The number of piperidine rings is 1. The van der Waals surface area contributed by atoms with E-state index in [4.69, 9.17) is 35.7 Å². The molecule has 2 aliphatic carbocycles. The molecule has 0 unspecified atom stereocenters. The van der Waals surface area contributed by atoms with Crippen LogP contribution in [0.1, 0.15) is 74.6 Å². The van der Waals surface area contributed by atoms with Gasteiger partial charge in [-0.15, -0.1) is 10.2 Å². The molecular weight excluding hydrogens is 683 g/mol. The van der Waals surface area contributed by atoms with Gasteiger partial charge in [0.15, 0.2) is 11.5 Å². The molecule has 13 rings (SSSR count). The molecule has 10 heterocycles. The van der Waals surface area contributed by atoms with Gasteiger partial charge in [-0.05, 0) is 80.4 Å². The highest BCUT2D eigenvalue weighted by Crippen LogP contribution is 2.61. The van der Waals surface area contributed by atoms with E-state index >= 15 is 8.78 Å². The van der Waals surface area contributed by atoms with Gasteiger partial charge in [-0.25, -0.2) is 13.2 Å². The van der Waals surface area contributed by atoms with E-state index in [1.54, 1.807) is 12.4 Å². The van der Waals surface area contributed by atoms with Crippen molar-refractivity contribution in [2.75, 3.05) is 37.7 Å². The molecule has 4 atom stereocenters. The maximum Gasteiger partial charge on any atom is 0.319 e. The van der Waals surface area contributed by atoms with Gasteiger partial charge in [-0.1, -0.05) is 11.6 Å². The molecule has 1 N–H and O–H groups in total. The van der Waals surface area contributed by atoms with Gasteiger partial charge in [-0.3, -0.25) is 15.0 Å². The van der Waals surface area contributed by atoms with Crippen molar-refractivity contribution in [3.05, 3.63) is 46.6 Å². The number of alkyl halides is 2. The third kappa shape index (κ3) is 4.53. The Labute approximate surface area is 295 Å². The SMILES string of the molecule is Fc1c2ncc3c(nc(OC[C@@]45CCCN4C[C@H](F)C5)nc13)N1CCCC3(C1)CC(F)(C3)c1nnc(o1)C[C@@H]1C[C@@H]1c1c(Cl)cc3[nH]ncc3c1-2. The Bertz CT molecular complexity index is 2260. The third-order valence-electron chi connectivity index (χ3n) is 12.7. The first-order valence-corrected chi connectivity index (χ1v) is 18.4. The van der Waals surface area contributed by atoms with Crippen LogP contribution in [0.25, 0.3) is 33.1 Å².